The highest BCUT2D eigenvalue weighted by Crippen LogP contribution is 2.08. The molecule has 7 heavy (non-hydrogen) atoms. The summed E-state index contributed by atoms with van der Waals surface area (Å²) in [6.45, 7) is 0.990. The predicted octanol–water partition coefficient (Wildman–Crippen LogP) is 1.24. The minimum absolute atomic E-state index is 0.465. The number of rotatable bonds is 4. The molecule has 0 aliphatic carbocycles. The number of carbonyl (C=O) groups is 1. The highest BCUT2D eigenvalue weighted by atomic mass is 127. The van der Waals surface area contributed by atoms with Crippen molar-refractivity contribution in [3.05, 3.63) is 0 Å². The van der Waals surface area contributed by atoms with Crippen molar-refractivity contribution in [2.75, 3.05) is 12.4 Å². The maximum Gasteiger partial charge on any atom is 0.293 e. The average Bonchev–Trinajstić information content (AvgIpc) is 1.69. The fraction of sp³-hybridized carbons (Fsp3) is 0.667. The van der Waals surface area contributed by atoms with Crippen LogP contribution in [0.5, 0.6) is 0 Å². The summed E-state index contributed by atoms with van der Waals surface area (Å²) in [7, 11) is 1.63. The molecule has 0 N–H and O–H groups in total. The largest absolute Gasteiger partial charge is 0.467 e. The van der Waals surface area contributed by atoms with Crippen LogP contribution in [0.25, 0.3) is 0 Å². The van der Waals surface area contributed by atoms with E-state index in [1.54, 1.807) is 8.93 Å². The lowest BCUT2D eigenvalue weighted by molar-refractivity contribution is -0.128. The maximum atomic E-state index is 9.45. The Labute approximate surface area is 58.6 Å². The van der Waals surface area contributed by atoms with Crippen LogP contribution in [0.1, 0.15) is 0 Å². The summed E-state index contributed by atoms with van der Waals surface area (Å²) < 4.78 is 4.37. The highest BCUT2D eigenvalue weighted by Gasteiger charge is 1.79. The van der Waals surface area contributed by atoms with Gasteiger partial charge in [0.1, 0.15) is 6.61 Å². The number of halogens is 1. The second kappa shape index (κ2) is 6.55. The predicted molar refractivity (Wildman–Crippen MR) is 38.5 cm³/mol. The molecule has 0 spiro atoms. The fourth-order valence-electron chi connectivity index (χ4n) is 0.128. The lowest BCUT2D eigenvalue weighted by Gasteiger charge is -1.89. The summed E-state index contributed by atoms with van der Waals surface area (Å²) in [5, 5.41) is 0. The molecular weight excluding hydrogens is 227 g/mol. The van der Waals surface area contributed by atoms with Crippen LogP contribution in [-0.4, -0.2) is 18.8 Å². The molecule has 0 unspecified atom stereocenters. The lowest BCUT2D eigenvalue weighted by Crippen LogP contribution is -1.91. The van der Waals surface area contributed by atoms with Gasteiger partial charge in [-0.05, 0) is 21.2 Å². The third kappa shape index (κ3) is 6.55. The van der Waals surface area contributed by atoms with Gasteiger partial charge >= 0.3 is 0 Å². The van der Waals surface area contributed by atoms with Gasteiger partial charge in [-0.3, -0.25) is 4.79 Å². The Balaban J connectivity index is 2.56. The number of hydrogen-bond donors (Lipinski definition) is 0. The third-order valence-corrected chi connectivity index (χ3v) is 1.99. The first kappa shape index (κ1) is 7.55. The van der Waals surface area contributed by atoms with Gasteiger partial charge in [0.2, 0.25) is 0 Å². The molecule has 0 saturated carbocycles. The second-order valence-electron chi connectivity index (χ2n) is 0.780. The summed E-state index contributed by atoms with van der Waals surface area (Å²) in [5.41, 5.74) is 0. The van der Waals surface area contributed by atoms with Crippen molar-refractivity contribution in [1.29, 1.82) is 0 Å². The zero-order valence-electron chi connectivity index (χ0n) is 3.59. The van der Waals surface area contributed by atoms with Crippen LogP contribution in [0.3, 0.4) is 0 Å². The number of ether oxygens (including phenoxy) is 1. The van der Waals surface area contributed by atoms with E-state index in [1.165, 1.54) is 0 Å². The average molecular weight is 232 g/mol. The second-order valence-corrected chi connectivity index (χ2v) is 3.28. The Hall–Kier alpha value is 0.550. The third-order valence-electron chi connectivity index (χ3n) is 0.346. The van der Waals surface area contributed by atoms with E-state index in [0.29, 0.717) is 13.1 Å². The Bertz CT molecular complexity index is 50.2. The smallest absolute Gasteiger partial charge is 0.293 e. The Morgan fingerprint density at radius 3 is 3.00 bits per heavy atom. The maximum absolute atomic E-state index is 9.45. The molecule has 0 atom stereocenters. The van der Waals surface area contributed by atoms with E-state index in [0.717, 1.165) is 5.75 Å². The number of carbonyl (C=O) groups excluding carboxylic acids is 1. The van der Waals surface area contributed by atoms with E-state index in [2.05, 4.69) is 25.9 Å². The standard InChI is InChI=1S/C3H5IO2S/c4-7-2-1-6-3-5/h3H,1-2H2. The lowest BCUT2D eigenvalue weighted by atomic mass is 10.9. The molecule has 4 heteroatoms. The molecule has 0 aromatic carbocycles. The van der Waals surface area contributed by atoms with E-state index < -0.39 is 0 Å². The molecule has 0 radical (unpaired) electrons. The molecule has 0 aromatic heterocycles. The summed E-state index contributed by atoms with van der Waals surface area (Å²) in [4.78, 5) is 9.45. The van der Waals surface area contributed by atoms with Gasteiger partial charge in [-0.2, -0.15) is 0 Å². The molecule has 2 nitrogen and oxygen atoms in total. The molecule has 0 aliphatic heterocycles. The van der Waals surface area contributed by atoms with Gasteiger partial charge in [-0.1, -0.05) is 8.93 Å². The zero-order valence-corrected chi connectivity index (χ0v) is 6.57. The molecule has 0 heterocycles. The summed E-state index contributed by atoms with van der Waals surface area (Å²) in [6.07, 6.45) is 0. The Morgan fingerprint density at radius 2 is 2.57 bits per heavy atom. The van der Waals surface area contributed by atoms with Crippen molar-refractivity contribution in [3.63, 3.8) is 0 Å². The quantitative estimate of drug-likeness (QED) is 0.414. The van der Waals surface area contributed by atoms with Crippen molar-refractivity contribution in [3.8, 4) is 0 Å². The molecule has 0 amide bonds. The van der Waals surface area contributed by atoms with Crippen LogP contribution < -0.4 is 0 Å². The minimum atomic E-state index is 0.465. The molecule has 0 aliphatic rings. The molecule has 0 aromatic rings. The van der Waals surface area contributed by atoms with Crippen LogP contribution in [-0.2, 0) is 9.53 Å². The van der Waals surface area contributed by atoms with E-state index in [9.17, 15) is 4.79 Å². The van der Waals surface area contributed by atoms with Crippen LogP contribution in [0.15, 0.2) is 0 Å². The van der Waals surface area contributed by atoms with E-state index in [-0.39, 0.29) is 0 Å². The van der Waals surface area contributed by atoms with Crippen LogP contribution >= 0.6 is 30.1 Å². The van der Waals surface area contributed by atoms with Gasteiger partial charge in [0.25, 0.3) is 6.47 Å². The Kier molecular flexibility index (Phi) is 7.06. The van der Waals surface area contributed by atoms with E-state index in [4.69, 9.17) is 0 Å². The number of hydrogen-bond acceptors (Lipinski definition) is 3. The van der Waals surface area contributed by atoms with Gasteiger partial charge in [0, 0.05) is 5.75 Å². The molecule has 0 rings (SSSR count). The molecule has 0 fully saturated rings. The summed E-state index contributed by atoms with van der Waals surface area (Å²) >= 11 is 2.15. The summed E-state index contributed by atoms with van der Waals surface area (Å²) in [6, 6.07) is 0. The SMILES string of the molecule is O=COCCSI. The molecule has 0 saturated heterocycles. The van der Waals surface area contributed by atoms with Gasteiger partial charge < -0.3 is 4.74 Å². The normalized spacial score (nSPS) is 8.14. The van der Waals surface area contributed by atoms with Crippen LogP contribution in [0, 0.1) is 0 Å². The highest BCUT2D eigenvalue weighted by molar-refractivity contribution is 14.2. The van der Waals surface area contributed by atoms with E-state index >= 15 is 0 Å². The molecule has 0 bridgehead atoms. The van der Waals surface area contributed by atoms with Crippen molar-refractivity contribution >= 4 is 36.6 Å². The van der Waals surface area contributed by atoms with Crippen LogP contribution in [0.4, 0.5) is 0 Å². The first-order valence-electron chi connectivity index (χ1n) is 1.70. The van der Waals surface area contributed by atoms with Crippen molar-refractivity contribution in [2.24, 2.45) is 0 Å². The minimum Gasteiger partial charge on any atom is -0.467 e. The van der Waals surface area contributed by atoms with Gasteiger partial charge in [-0.25, -0.2) is 0 Å². The van der Waals surface area contributed by atoms with Gasteiger partial charge in [-0.15, -0.1) is 0 Å². The zero-order chi connectivity index (χ0) is 5.54. The Morgan fingerprint density at radius 1 is 1.86 bits per heavy atom. The topological polar surface area (TPSA) is 26.3 Å². The monoisotopic (exact) mass is 232 g/mol. The first-order valence-corrected chi connectivity index (χ1v) is 5.23. The van der Waals surface area contributed by atoms with Gasteiger partial charge in [0.05, 0.1) is 0 Å². The fourth-order valence-corrected chi connectivity index (χ4v) is 0.826. The molecular formula is C3H5IO2S. The van der Waals surface area contributed by atoms with Crippen molar-refractivity contribution in [1.82, 2.24) is 0 Å². The van der Waals surface area contributed by atoms with Crippen molar-refractivity contribution in [2.45, 2.75) is 0 Å². The van der Waals surface area contributed by atoms with E-state index in [1.807, 2.05) is 0 Å². The molecule has 42 valence electrons. The summed E-state index contributed by atoms with van der Waals surface area (Å²) in [5.74, 6) is 0.874. The van der Waals surface area contributed by atoms with Crippen molar-refractivity contribution < 1.29 is 9.53 Å². The van der Waals surface area contributed by atoms with Gasteiger partial charge in [0.15, 0.2) is 0 Å². The first-order chi connectivity index (χ1) is 3.41. The van der Waals surface area contributed by atoms with Crippen LogP contribution in [0.2, 0.25) is 0 Å².